The largest absolute Gasteiger partial charge is 0.355 e. The fourth-order valence-corrected chi connectivity index (χ4v) is 2.75. The molecule has 2 amide bonds. The molecule has 2 aromatic carbocycles. The van der Waals surface area contributed by atoms with Crippen LogP contribution < -0.4 is 5.32 Å². The fourth-order valence-electron chi connectivity index (χ4n) is 2.75. The summed E-state index contributed by atoms with van der Waals surface area (Å²) < 4.78 is 0. The third kappa shape index (κ3) is 5.18. The number of nitrogens with zero attached hydrogens (tertiary/aromatic N) is 1. The van der Waals surface area contributed by atoms with Gasteiger partial charge in [-0.05, 0) is 37.5 Å². The average molecular weight is 338 g/mol. The van der Waals surface area contributed by atoms with E-state index in [0.717, 1.165) is 16.7 Å². The van der Waals surface area contributed by atoms with Gasteiger partial charge in [-0.3, -0.25) is 9.59 Å². The first-order chi connectivity index (χ1) is 12.0. The number of carbonyl (C=O) groups excluding carboxylic acids is 2. The van der Waals surface area contributed by atoms with Crippen LogP contribution >= 0.6 is 0 Å². The normalized spacial score (nSPS) is 11.6. The minimum absolute atomic E-state index is 0.0480. The molecule has 25 heavy (non-hydrogen) atoms. The predicted octanol–water partition coefficient (Wildman–Crippen LogP) is 3.09. The Morgan fingerprint density at radius 3 is 2.32 bits per heavy atom. The number of hydrogen-bond donors (Lipinski definition) is 1. The molecule has 4 nitrogen and oxygen atoms in total. The third-order valence-corrected chi connectivity index (χ3v) is 4.32. The van der Waals surface area contributed by atoms with E-state index >= 15 is 0 Å². The summed E-state index contributed by atoms with van der Waals surface area (Å²) in [6.45, 7) is 6.66. The predicted molar refractivity (Wildman–Crippen MR) is 100 cm³/mol. The fraction of sp³-hybridized carbons (Fsp3) is 0.333. The molecule has 2 rings (SSSR count). The Morgan fingerprint density at radius 2 is 1.68 bits per heavy atom. The van der Waals surface area contributed by atoms with Crippen molar-refractivity contribution in [2.24, 2.45) is 0 Å². The number of carbonyl (C=O) groups is 2. The van der Waals surface area contributed by atoms with Gasteiger partial charge in [0, 0.05) is 13.1 Å². The quantitative estimate of drug-likeness (QED) is 0.843. The lowest BCUT2D eigenvalue weighted by Crippen LogP contribution is -2.48. The highest BCUT2D eigenvalue weighted by atomic mass is 16.2. The van der Waals surface area contributed by atoms with Gasteiger partial charge in [0.2, 0.25) is 11.8 Å². The van der Waals surface area contributed by atoms with Gasteiger partial charge < -0.3 is 10.2 Å². The summed E-state index contributed by atoms with van der Waals surface area (Å²) in [5.74, 6) is -0.175. The summed E-state index contributed by atoms with van der Waals surface area (Å²) in [4.78, 5) is 26.9. The number of likely N-dealkylation sites (N-methyl/N-ethyl adjacent to an activating group) is 1. The van der Waals surface area contributed by atoms with Crippen LogP contribution in [0.3, 0.4) is 0 Å². The van der Waals surface area contributed by atoms with Crippen LogP contribution in [0.2, 0.25) is 0 Å². The topological polar surface area (TPSA) is 49.4 Å². The van der Waals surface area contributed by atoms with E-state index < -0.39 is 6.04 Å². The Labute approximate surface area is 149 Å². The van der Waals surface area contributed by atoms with Crippen molar-refractivity contribution < 1.29 is 9.59 Å². The van der Waals surface area contributed by atoms with Crippen LogP contribution in [0.5, 0.6) is 0 Å². The van der Waals surface area contributed by atoms with Gasteiger partial charge in [-0.25, -0.2) is 0 Å². The molecule has 1 atom stereocenters. The van der Waals surface area contributed by atoms with Crippen molar-refractivity contribution >= 4 is 11.8 Å². The lowest BCUT2D eigenvalue weighted by Gasteiger charge is -2.29. The first-order valence-corrected chi connectivity index (χ1v) is 8.68. The van der Waals surface area contributed by atoms with Crippen LogP contribution in [-0.2, 0) is 22.6 Å². The molecule has 0 aliphatic heterocycles. The molecular weight excluding hydrogens is 312 g/mol. The second-order valence-corrected chi connectivity index (χ2v) is 6.18. The molecule has 0 aliphatic rings. The molecule has 0 spiro atoms. The summed E-state index contributed by atoms with van der Waals surface area (Å²) in [5.41, 5.74) is 3.12. The van der Waals surface area contributed by atoms with Gasteiger partial charge >= 0.3 is 0 Å². The standard InChI is InChI=1S/C21H26N2O2/c1-4-22-21(25)17(3)23(15-19-13-9-8-10-16(19)2)20(24)14-18-11-6-5-7-12-18/h5-13,17H,4,14-15H2,1-3H3,(H,22,25). The Hall–Kier alpha value is -2.62. The molecule has 0 aromatic heterocycles. The van der Waals surface area contributed by atoms with E-state index in [1.807, 2.05) is 68.4 Å². The molecule has 0 heterocycles. The minimum atomic E-state index is -0.518. The number of hydrogen-bond acceptors (Lipinski definition) is 2. The molecule has 1 unspecified atom stereocenters. The lowest BCUT2D eigenvalue weighted by atomic mass is 10.1. The van der Waals surface area contributed by atoms with Gasteiger partial charge in [-0.15, -0.1) is 0 Å². The van der Waals surface area contributed by atoms with E-state index in [2.05, 4.69) is 5.32 Å². The number of amides is 2. The molecule has 1 N–H and O–H groups in total. The van der Waals surface area contributed by atoms with Crippen molar-refractivity contribution in [3.05, 3.63) is 71.3 Å². The molecule has 2 aromatic rings. The molecule has 0 saturated carbocycles. The molecule has 0 radical (unpaired) electrons. The van der Waals surface area contributed by atoms with Crippen molar-refractivity contribution in [2.45, 2.75) is 39.8 Å². The zero-order chi connectivity index (χ0) is 18.2. The smallest absolute Gasteiger partial charge is 0.242 e. The van der Waals surface area contributed by atoms with Crippen molar-refractivity contribution in [3.63, 3.8) is 0 Å². The maximum atomic E-state index is 12.9. The molecular formula is C21H26N2O2. The molecule has 0 fully saturated rings. The van der Waals surface area contributed by atoms with Crippen LogP contribution in [-0.4, -0.2) is 29.3 Å². The maximum Gasteiger partial charge on any atom is 0.242 e. The molecule has 0 aliphatic carbocycles. The van der Waals surface area contributed by atoms with Gasteiger partial charge in [0.1, 0.15) is 6.04 Å². The van der Waals surface area contributed by atoms with Gasteiger partial charge in [0.25, 0.3) is 0 Å². The van der Waals surface area contributed by atoms with E-state index in [1.54, 1.807) is 11.8 Å². The highest BCUT2D eigenvalue weighted by molar-refractivity contribution is 5.88. The summed E-state index contributed by atoms with van der Waals surface area (Å²) in [7, 11) is 0. The monoisotopic (exact) mass is 338 g/mol. The summed E-state index contributed by atoms with van der Waals surface area (Å²) >= 11 is 0. The minimum Gasteiger partial charge on any atom is -0.355 e. The summed E-state index contributed by atoms with van der Waals surface area (Å²) in [6.07, 6.45) is 0.288. The zero-order valence-corrected chi connectivity index (χ0v) is 15.2. The second kappa shape index (κ2) is 9.02. The zero-order valence-electron chi connectivity index (χ0n) is 15.2. The van der Waals surface area contributed by atoms with E-state index in [9.17, 15) is 9.59 Å². The first-order valence-electron chi connectivity index (χ1n) is 8.68. The average Bonchev–Trinajstić information content (AvgIpc) is 2.61. The second-order valence-electron chi connectivity index (χ2n) is 6.18. The summed E-state index contributed by atoms with van der Waals surface area (Å²) in [6, 6.07) is 17.1. The van der Waals surface area contributed by atoms with Crippen molar-refractivity contribution in [1.82, 2.24) is 10.2 Å². The molecule has 4 heteroatoms. The van der Waals surface area contributed by atoms with Gasteiger partial charge in [0.05, 0.1) is 6.42 Å². The van der Waals surface area contributed by atoms with E-state index in [0.29, 0.717) is 13.1 Å². The van der Waals surface area contributed by atoms with Gasteiger partial charge in [-0.1, -0.05) is 54.6 Å². The van der Waals surface area contributed by atoms with Crippen LogP contribution in [0, 0.1) is 6.92 Å². The molecule has 0 saturated heterocycles. The highest BCUT2D eigenvalue weighted by Crippen LogP contribution is 2.15. The molecule has 132 valence electrons. The highest BCUT2D eigenvalue weighted by Gasteiger charge is 2.26. The Kier molecular flexibility index (Phi) is 6.75. The number of nitrogens with one attached hydrogen (secondary N) is 1. The van der Waals surface area contributed by atoms with Crippen molar-refractivity contribution in [3.8, 4) is 0 Å². The van der Waals surface area contributed by atoms with E-state index in [-0.39, 0.29) is 18.2 Å². The van der Waals surface area contributed by atoms with E-state index in [4.69, 9.17) is 0 Å². The third-order valence-electron chi connectivity index (χ3n) is 4.32. The Balaban J connectivity index is 2.23. The number of aryl methyl sites for hydroxylation is 1. The first kappa shape index (κ1) is 18.7. The Morgan fingerprint density at radius 1 is 1.04 bits per heavy atom. The van der Waals surface area contributed by atoms with Gasteiger partial charge in [-0.2, -0.15) is 0 Å². The number of benzene rings is 2. The van der Waals surface area contributed by atoms with Crippen LogP contribution in [0.1, 0.15) is 30.5 Å². The Bertz CT molecular complexity index is 713. The van der Waals surface area contributed by atoms with Crippen molar-refractivity contribution in [1.29, 1.82) is 0 Å². The van der Waals surface area contributed by atoms with Crippen LogP contribution in [0.15, 0.2) is 54.6 Å². The lowest BCUT2D eigenvalue weighted by molar-refractivity contribution is -0.140. The van der Waals surface area contributed by atoms with Crippen molar-refractivity contribution in [2.75, 3.05) is 6.54 Å². The van der Waals surface area contributed by atoms with E-state index in [1.165, 1.54) is 0 Å². The number of rotatable bonds is 7. The molecule has 0 bridgehead atoms. The SMILES string of the molecule is CCNC(=O)C(C)N(Cc1ccccc1C)C(=O)Cc1ccccc1. The van der Waals surface area contributed by atoms with Gasteiger partial charge in [0.15, 0.2) is 0 Å². The summed E-state index contributed by atoms with van der Waals surface area (Å²) in [5, 5.41) is 2.81. The van der Waals surface area contributed by atoms with Crippen LogP contribution in [0.4, 0.5) is 0 Å². The van der Waals surface area contributed by atoms with Crippen LogP contribution in [0.25, 0.3) is 0 Å². The maximum absolute atomic E-state index is 12.9.